The van der Waals surface area contributed by atoms with E-state index in [2.05, 4.69) is 20.6 Å². The number of hydrogen-bond acceptors (Lipinski definition) is 4. The molecule has 0 aliphatic carbocycles. The molecule has 0 aliphatic heterocycles. The van der Waals surface area contributed by atoms with E-state index >= 15 is 0 Å². The number of carbonyl (C=O) groups excluding carboxylic acids is 1. The fourth-order valence-corrected chi connectivity index (χ4v) is 2.17. The van der Waals surface area contributed by atoms with Crippen molar-refractivity contribution in [3.8, 4) is 0 Å². The number of aromatic nitrogens is 2. The van der Waals surface area contributed by atoms with Gasteiger partial charge in [-0.1, -0.05) is 17.7 Å². The van der Waals surface area contributed by atoms with Crippen LogP contribution in [-0.2, 0) is 6.54 Å². The number of rotatable bonds is 5. The van der Waals surface area contributed by atoms with Gasteiger partial charge in [0, 0.05) is 24.5 Å². The third kappa shape index (κ3) is 4.16. The first kappa shape index (κ1) is 15.7. The molecular weight excluding hydrogens is 300 g/mol. The van der Waals surface area contributed by atoms with Crippen molar-refractivity contribution in [3.63, 3.8) is 0 Å². The van der Waals surface area contributed by atoms with Gasteiger partial charge in [0.2, 0.25) is 0 Å². The molecule has 2 heterocycles. The molecule has 0 saturated heterocycles. The number of hydrogen-bond donors (Lipinski definition) is 2. The van der Waals surface area contributed by atoms with Crippen molar-refractivity contribution >= 4 is 17.4 Å². The molecule has 0 fully saturated rings. The van der Waals surface area contributed by atoms with Crippen molar-refractivity contribution in [2.75, 3.05) is 10.6 Å². The lowest BCUT2D eigenvalue weighted by Crippen LogP contribution is -2.12. The maximum absolute atomic E-state index is 12.1. The quantitative estimate of drug-likeness (QED) is 0.753. The van der Waals surface area contributed by atoms with Gasteiger partial charge in [-0.05, 0) is 48.9 Å². The number of anilines is 2. The zero-order valence-electron chi connectivity index (χ0n) is 13.4. The average molecular weight is 318 g/mol. The standard InChI is InChI=1S/C19H18N4O/c1-14-2-4-16(5-3-14)19(24)23-18-7-6-17(13-22-18)21-12-15-8-10-20-11-9-15/h2-11,13,21H,12H2,1H3,(H,22,23,24). The van der Waals surface area contributed by atoms with Gasteiger partial charge in [0.15, 0.2) is 0 Å². The molecule has 0 aliphatic rings. The SMILES string of the molecule is Cc1ccc(C(=O)Nc2ccc(NCc3ccncc3)cn2)cc1. The summed E-state index contributed by atoms with van der Waals surface area (Å²) in [6, 6.07) is 15.0. The average Bonchev–Trinajstić information content (AvgIpc) is 2.62. The Morgan fingerprint density at radius 3 is 2.42 bits per heavy atom. The highest BCUT2D eigenvalue weighted by Gasteiger charge is 2.06. The summed E-state index contributed by atoms with van der Waals surface area (Å²) in [4.78, 5) is 20.4. The van der Waals surface area contributed by atoms with Gasteiger partial charge in [-0.2, -0.15) is 0 Å². The number of aryl methyl sites for hydroxylation is 1. The van der Waals surface area contributed by atoms with Crippen molar-refractivity contribution in [3.05, 3.63) is 83.8 Å². The van der Waals surface area contributed by atoms with E-state index in [-0.39, 0.29) is 5.91 Å². The van der Waals surface area contributed by atoms with Gasteiger partial charge in [0.05, 0.1) is 11.9 Å². The second-order valence-corrected chi connectivity index (χ2v) is 5.46. The predicted octanol–water partition coefficient (Wildman–Crippen LogP) is 3.65. The van der Waals surface area contributed by atoms with E-state index in [1.165, 1.54) is 0 Å². The summed E-state index contributed by atoms with van der Waals surface area (Å²) in [5.74, 6) is 0.357. The maximum atomic E-state index is 12.1. The Morgan fingerprint density at radius 1 is 1.00 bits per heavy atom. The van der Waals surface area contributed by atoms with Gasteiger partial charge in [-0.15, -0.1) is 0 Å². The number of carbonyl (C=O) groups is 1. The number of nitrogens with zero attached hydrogens (tertiary/aromatic N) is 2. The predicted molar refractivity (Wildman–Crippen MR) is 94.9 cm³/mol. The van der Waals surface area contributed by atoms with E-state index in [1.54, 1.807) is 36.8 Å². The van der Waals surface area contributed by atoms with E-state index in [0.29, 0.717) is 17.9 Å². The van der Waals surface area contributed by atoms with Crippen LogP contribution in [0.1, 0.15) is 21.5 Å². The second-order valence-electron chi connectivity index (χ2n) is 5.46. The first-order chi connectivity index (χ1) is 11.7. The van der Waals surface area contributed by atoms with Crippen LogP contribution in [-0.4, -0.2) is 15.9 Å². The largest absolute Gasteiger partial charge is 0.380 e. The van der Waals surface area contributed by atoms with Gasteiger partial charge in [-0.3, -0.25) is 9.78 Å². The summed E-state index contributed by atoms with van der Waals surface area (Å²) in [5, 5.41) is 6.07. The molecule has 0 spiro atoms. The van der Waals surface area contributed by atoms with Crippen LogP contribution in [0.15, 0.2) is 67.1 Å². The van der Waals surface area contributed by atoms with Gasteiger partial charge >= 0.3 is 0 Å². The van der Waals surface area contributed by atoms with Gasteiger partial charge in [-0.25, -0.2) is 4.98 Å². The molecule has 120 valence electrons. The lowest BCUT2D eigenvalue weighted by Gasteiger charge is -2.08. The molecule has 3 aromatic rings. The molecule has 1 aromatic carbocycles. The minimum absolute atomic E-state index is 0.167. The van der Waals surface area contributed by atoms with Crippen LogP contribution >= 0.6 is 0 Å². The van der Waals surface area contributed by atoms with E-state index < -0.39 is 0 Å². The molecule has 0 saturated carbocycles. The van der Waals surface area contributed by atoms with Crippen LogP contribution < -0.4 is 10.6 Å². The number of pyridine rings is 2. The zero-order valence-corrected chi connectivity index (χ0v) is 13.4. The van der Waals surface area contributed by atoms with Gasteiger partial charge in [0.1, 0.15) is 5.82 Å². The summed E-state index contributed by atoms with van der Waals surface area (Å²) < 4.78 is 0. The van der Waals surface area contributed by atoms with E-state index in [0.717, 1.165) is 16.8 Å². The summed E-state index contributed by atoms with van der Waals surface area (Å²) >= 11 is 0. The molecule has 2 N–H and O–H groups in total. The Balaban J connectivity index is 1.58. The fourth-order valence-electron chi connectivity index (χ4n) is 2.17. The number of nitrogens with one attached hydrogen (secondary N) is 2. The molecule has 0 bridgehead atoms. The Hall–Kier alpha value is -3.21. The Morgan fingerprint density at radius 2 is 1.75 bits per heavy atom. The highest BCUT2D eigenvalue weighted by molar-refractivity contribution is 6.03. The summed E-state index contributed by atoms with van der Waals surface area (Å²) in [6.07, 6.45) is 5.23. The zero-order chi connectivity index (χ0) is 16.8. The van der Waals surface area contributed by atoms with Crippen LogP contribution in [0.2, 0.25) is 0 Å². The Labute approximate surface area is 140 Å². The van der Waals surface area contributed by atoms with Crippen molar-refractivity contribution in [2.24, 2.45) is 0 Å². The Kier molecular flexibility index (Phi) is 4.81. The van der Waals surface area contributed by atoms with Crippen LogP contribution in [0.3, 0.4) is 0 Å². The molecule has 5 nitrogen and oxygen atoms in total. The van der Waals surface area contributed by atoms with Crippen molar-refractivity contribution in [2.45, 2.75) is 13.5 Å². The van der Waals surface area contributed by atoms with E-state index in [1.807, 2.05) is 37.3 Å². The molecule has 5 heteroatoms. The van der Waals surface area contributed by atoms with E-state index in [9.17, 15) is 4.79 Å². The topological polar surface area (TPSA) is 66.9 Å². The van der Waals surface area contributed by atoms with Crippen LogP contribution in [0.25, 0.3) is 0 Å². The smallest absolute Gasteiger partial charge is 0.256 e. The molecule has 0 atom stereocenters. The van der Waals surface area contributed by atoms with Crippen LogP contribution in [0.5, 0.6) is 0 Å². The molecule has 1 amide bonds. The first-order valence-corrected chi connectivity index (χ1v) is 7.67. The lowest BCUT2D eigenvalue weighted by atomic mass is 10.1. The second kappa shape index (κ2) is 7.37. The minimum Gasteiger partial charge on any atom is -0.380 e. The van der Waals surface area contributed by atoms with Gasteiger partial charge in [0.25, 0.3) is 5.91 Å². The summed E-state index contributed by atoms with van der Waals surface area (Å²) in [7, 11) is 0. The molecule has 2 aromatic heterocycles. The monoisotopic (exact) mass is 318 g/mol. The highest BCUT2D eigenvalue weighted by Crippen LogP contribution is 2.12. The number of amides is 1. The van der Waals surface area contributed by atoms with Crippen molar-refractivity contribution in [1.82, 2.24) is 9.97 Å². The maximum Gasteiger partial charge on any atom is 0.256 e. The van der Waals surface area contributed by atoms with Crippen LogP contribution in [0, 0.1) is 6.92 Å². The van der Waals surface area contributed by atoms with Gasteiger partial charge < -0.3 is 10.6 Å². The normalized spacial score (nSPS) is 10.2. The number of benzene rings is 1. The van der Waals surface area contributed by atoms with Crippen molar-refractivity contribution in [1.29, 1.82) is 0 Å². The summed E-state index contributed by atoms with van der Waals surface area (Å²) in [5.41, 5.74) is 3.76. The molecule has 0 unspecified atom stereocenters. The Bertz CT molecular complexity index is 799. The fraction of sp³-hybridized carbons (Fsp3) is 0.105. The molecule has 0 radical (unpaired) electrons. The molecule has 24 heavy (non-hydrogen) atoms. The van der Waals surface area contributed by atoms with Crippen molar-refractivity contribution < 1.29 is 4.79 Å². The van der Waals surface area contributed by atoms with E-state index in [4.69, 9.17) is 0 Å². The third-order valence-corrected chi connectivity index (χ3v) is 3.56. The highest BCUT2D eigenvalue weighted by atomic mass is 16.1. The molecule has 3 rings (SSSR count). The minimum atomic E-state index is -0.167. The first-order valence-electron chi connectivity index (χ1n) is 7.67. The van der Waals surface area contributed by atoms with Crippen LogP contribution in [0.4, 0.5) is 11.5 Å². The molecular formula is C19H18N4O. The summed E-state index contributed by atoms with van der Waals surface area (Å²) in [6.45, 7) is 2.68. The third-order valence-electron chi connectivity index (χ3n) is 3.56. The lowest BCUT2D eigenvalue weighted by molar-refractivity contribution is 0.102.